The molecule has 0 aliphatic heterocycles. The van der Waals surface area contributed by atoms with Gasteiger partial charge in [-0.3, -0.25) is 4.39 Å². The summed E-state index contributed by atoms with van der Waals surface area (Å²) in [5.74, 6) is 0.765. The van der Waals surface area contributed by atoms with Gasteiger partial charge in [-0.05, 0) is 32.4 Å². The van der Waals surface area contributed by atoms with E-state index in [0.717, 1.165) is 5.75 Å². The third-order valence-electron chi connectivity index (χ3n) is 2.72. The Morgan fingerprint density at radius 1 is 1.32 bits per heavy atom. The topological polar surface area (TPSA) is 50.4 Å². The van der Waals surface area contributed by atoms with Crippen molar-refractivity contribution in [1.82, 2.24) is 10.6 Å². The monoisotopic (exact) mass is 268 g/mol. The molecule has 0 fully saturated rings. The summed E-state index contributed by atoms with van der Waals surface area (Å²) in [6.45, 7) is 3.66. The highest BCUT2D eigenvalue weighted by molar-refractivity contribution is 5.74. The van der Waals surface area contributed by atoms with Gasteiger partial charge >= 0.3 is 6.03 Å². The number of urea groups is 1. The van der Waals surface area contributed by atoms with Gasteiger partial charge in [0, 0.05) is 6.54 Å². The number of benzene rings is 1. The Balaban J connectivity index is 2.32. The second kappa shape index (κ2) is 8.34. The van der Waals surface area contributed by atoms with Crippen molar-refractivity contribution in [2.75, 3.05) is 13.2 Å². The van der Waals surface area contributed by atoms with E-state index < -0.39 is 6.67 Å². The van der Waals surface area contributed by atoms with Gasteiger partial charge in [0.2, 0.25) is 0 Å². The molecule has 2 atom stereocenters. The Kier molecular flexibility index (Phi) is 6.71. The minimum atomic E-state index is -0.427. The van der Waals surface area contributed by atoms with Crippen molar-refractivity contribution in [2.45, 2.75) is 32.4 Å². The normalized spacial score (nSPS) is 13.4. The molecule has 2 amide bonds. The molecular formula is C14H21FN2O2. The second-order valence-electron chi connectivity index (χ2n) is 4.37. The SMILES string of the molecule is C[C@H](NC(=O)NCCCF)[C@@H](C)Oc1ccccc1. The van der Waals surface area contributed by atoms with Crippen molar-refractivity contribution in [2.24, 2.45) is 0 Å². The molecule has 1 aromatic carbocycles. The largest absolute Gasteiger partial charge is 0.489 e. The van der Waals surface area contributed by atoms with Crippen molar-refractivity contribution in [3.8, 4) is 5.75 Å². The predicted molar refractivity (Wildman–Crippen MR) is 73.1 cm³/mol. The Labute approximate surface area is 113 Å². The van der Waals surface area contributed by atoms with E-state index in [2.05, 4.69) is 10.6 Å². The summed E-state index contributed by atoms with van der Waals surface area (Å²) >= 11 is 0. The van der Waals surface area contributed by atoms with Gasteiger partial charge < -0.3 is 15.4 Å². The standard InChI is InChI=1S/C14H21FN2O2/c1-11(17-14(18)16-10-6-9-15)12(2)19-13-7-4-3-5-8-13/h3-5,7-8,11-12H,6,9-10H2,1-2H3,(H2,16,17,18)/t11-,12+/m0/s1. The van der Waals surface area contributed by atoms with Crippen LogP contribution in [0.5, 0.6) is 5.75 Å². The number of ether oxygens (including phenoxy) is 1. The summed E-state index contributed by atoms with van der Waals surface area (Å²) in [5, 5.41) is 5.35. The van der Waals surface area contributed by atoms with Gasteiger partial charge in [-0.15, -0.1) is 0 Å². The van der Waals surface area contributed by atoms with Crippen molar-refractivity contribution in [3.63, 3.8) is 0 Å². The molecule has 2 N–H and O–H groups in total. The van der Waals surface area contributed by atoms with Crippen LogP contribution in [0.4, 0.5) is 9.18 Å². The number of nitrogens with one attached hydrogen (secondary N) is 2. The van der Waals surface area contributed by atoms with E-state index >= 15 is 0 Å². The number of carbonyl (C=O) groups is 1. The van der Waals surface area contributed by atoms with Gasteiger partial charge in [0.1, 0.15) is 11.9 Å². The van der Waals surface area contributed by atoms with Crippen LogP contribution >= 0.6 is 0 Å². The number of amides is 2. The maximum Gasteiger partial charge on any atom is 0.315 e. The van der Waals surface area contributed by atoms with Crippen LogP contribution in [-0.2, 0) is 0 Å². The molecule has 0 unspecified atom stereocenters. The summed E-state index contributed by atoms with van der Waals surface area (Å²) in [6.07, 6.45) is 0.173. The van der Waals surface area contributed by atoms with Gasteiger partial charge in [-0.1, -0.05) is 18.2 Å². The quantitative estimate of drug-likeness (QED) is 0.746. The van der Waals surface area contributed by atoms with E-state index in [9.17, 15) is 9.18 Å². The van der Waals surface area contributed by atoms with E-state index in [1.165, 1.54) is 0 Å². The zero-order chi connectivity index (χ0) is 14.1. The molecule has 1 rings (SSSR count). The molecule has 0 spiro atoms. The molecule has 4 nitrogen and oxygen atoms in total. The maximum absolute atomic E-state index is 11.9. The van der Waals surface area contributed by atoms with E-state index in [1.807, 2.05) is 44.2 Å². The number of hydrogen-bond donors (Lipinski definition) is 2. The van der Waals surface area contributed by atoms with Crippen molar-refractivity contribution in [3.05, 3.63) is 30.3 Å². The molecule has 5 heteroatoms. The molecular weight excluding hydrogens is 247 g/mol. The average Bonchev–Trinajstić information content (AvgIpc) is 2.40. The van der Waals surface area contributed by atoms with Gasteiger partial charge in [0.25, 0.3) is 0 Å². The average molecular weight is 268 g/mol. The van der Waals surface area contributed by atoms with Crippen molar-refractivity contribution < 1.29 is 13.9 Å². The van der Waals surface area contributed by atoms with Gasteiger partial charge in [-0.2, -0.15) is 0 Å². The van der Waals surface area contributed by atoms with Crippen LogP contribution in [0.2, 0.25) is 0 Å². The minimum Gasteiger partial charge on any atom is -0.489 e. The summed E-state index contributed by atoms with van der Waals surface area (Å²) in [7, 11) is 0. The first-order valence-corrected chi connectivity index (χ1v) is 6.45. The van der Waals surface area contributed by atoms with Gasteiger partial charge in [-0.25, -0.2) is 4.79 Å². The van der Waals surface area contributed by atoms with E-state index in [4.69, 9.17) is 4.74 Å². The van der Waals surface area contributed by atoms with E-state index in [1.54, 1.807) is 0 Å². The summed E-state index contributed by atoms with van der Waals surface area (Å²) < 4.78 is 17.6. The zero-order valence-corrected chi connectivity index (χ0v) is 11.4. The molecule has 0 aliphatic carbocycles. The second-order valence-corrected chi connectivity index (χ2v) is 4.37. The lowest BCUT2D eigenvalue weighted by atomic mass is 10.2. The van der Waals surface area contributed by atoms with Gasteiger partial charge in [0.05, 0.1) is 12.7 Å². The first kappa shape index (κ1) is 15.3. The number of alkyl halides is 1. The molecule has 0 heterocycles. The third kappa shape index (κ3) is 6.08. The smallest absolute Gasteiger partial charge is 0.315 e. The van der Waals surface area contributed by atoms with E-state index in [0.29, 0.717) is 13.0 Å². The molecule has 106 valence electrons. The Hall–Kier alpha value is -1.78. The fraction of sp³-hybridized carbons (Fsp3) is 0.500. The van der Waals surface area contributed by atoms with Crippen LogP contribution in [0.25, 0.3) is 0 Å². The fourth-order valence-electron chi connectivity index (χ4n) is 1.46. The molecule has 0 aliphatic rings. The van der Waals surface area contributed by atoms with Crippen LogP contribution < -0.4 is 15.4 Å². The third-order valence-corrected chi connectivity index (χ3v) is 2.72. The first-order chi connectivity index (χ1) is 9.13. The number of halogens is 1. The summed E-state index contributed by atoms with van der Waals surface area (Å²) in [4.78, 5) is 11.5. The highest BCUT2D eigenvalue weighted by atomic mass is 19.1. The van der Waals surface area contributed by atoms with Crippen LogP contribution in [0.1, 0.15) is 20.3 Å². The number of carbonyl (C=O) groups excluding carboxylic acids is 1. The molecule has 0 radical (unpaired) electrons. The molecule has 0 aromatic heterocycles. The lowest BCUT2D eigenvalue weighted by Crippen LogP contribution is -2.47. The van der Waals surface area contributed by atoms with Crippen molar-refractivity contribution >= 4 is 6.03 Å². The maximum atomic E-state index is 11.9. The molecule has 0 bridgehead atoms. The number of rotatable bonds is 7. The zero-order valence-electron chi connectivity index (χ0n) is 11.4. The van der Waals surface area contributed by atoms with Crippen molar-refractivity contribution in [1.29, 1.82) is 0 Å². The molecule has 19 heavy (non-hydrogen) atoms. The van der Waals surface area contributed by atoms with Crippen LogP contribution in [0, 0.1) is 0 Å². The van der Waals surface area contributed by atoms with E-state index in [-0.39, 0.29) is 18.2 Å². The minimum absolute atomic E-state index is 0.148. The predicted octanol–water partition coefficient (Wildman–Crippen LogP) is 2.50. The summed E-state index contributed by atoms with van der Waals surface area (Å²) in [6, 6.07) is 8.98. The fourth-order valence-corrected chi connectivity index (χ4v) is 1.46. The van der Waals surface area contributed by atoms with Crippen LogP contribution in [-0.4, -0.2) is 31.4 Å². The number of hydrogen-bond acceptors (Lipinski definition) is 2. The molecule has 0 saturated heterocycles. The Morgan fingerprint density at radius 2 is 2.00 bits per heavy atom. The Morgan fingerprint density at radius 3 is 2.63 bits per heavy atom. The van der Waals surface area contributed by atoms with Crippen LogP contribution in [0.15, 0.2) is 30.3 Å². The van der Waals surface area contributed by atoms with Gasteiger partial charge in [0.15, 0.2) is 0 Å². The molecule has 0 saturated carbocycles. The number of para-hydroxylation sites is 1. The lowest BCUT2D eigenvalue weighted by molar-refractivity contribution is 0.175. The van der Waals surface area contributed by atoms with Crippen LogP contribution in [0.3, 0.4) is 0 Å². The molecule has 1 aromatic rings. The first-order valence-electron chi connectivity index (χ1n) is 6.45. The lowest BCUT2D eigenvalue weighted by Gasteiger charge is -2.22. The Bertz CT molecular complexity index is 373. The highest BCUT2D eigenvalue weighted by Gasteiger charge is 2.15. The highest BCUT2D eigenvalue weighted by Crippen LogP contribution is 2.12. The summed E-state index contributed by atoms with van der Waals surface area (Å²) in [5.41, 5.74) is 0.